The predicted molar refractivity (Wildman–Crippen MR) is 56.5 cm³/mol. The van der Waals surface area contributed by atoms with Crippen molar-refractivity contribution >= 4 is 11.6 Å². The minimum absolute atomic E-state index is 0.0126. The molecular weight excluding hydrogens is 172 g/mol. The Hall–Kier alpha value is -0.690. The highest BCUT2D eigenvalue weighted by molar-refractivity contribution is 6.31. The Kier molecular flexibility index (Phi) is 9.72. The molecule has 0 aromatic carbocycles. The van der Waals surface area contributed by atoms with Gasteiger partial charge in [-0.2, -0.15) is 0 Å². The fourth-order valence-electron chi connectivity index (χ4n) is 0.573. The Balaban J connectivity index is 0. The summed E-state index contributed by atoms with van der Waals surface area (Å²) in [5.74, 6) is 0.0126. The molecule has 0 aliphatic heterocycles. The molecule has 0 aromatic heterocycles. The van der Waals surface area contributed by atoms with Crippen LogP contribution >= 0.6 is 11.6 Å². The van der Waals surface area contributed by atoms with Crippen molar-refractivity contribution in [1.29, 1.82) is 0 Å². The van der Waals surface area contributed by atoms with Gasteiger partial charge in [-0.25, -0.2) is 0 Å². The summed E-state index contributed by atoms with van der Waals surface area (Å²) in [6.45, 7) is 12.8. The van der Waals surface area contributed by atoms with Gasteiger partial charge in [0.1, 0.15) is 5.76 Å². The van der Waals surface area contributed by atoms with Crippen LogP contribution in [-0.4, -0.2) is 5.11 Å². The second-order valence-corrected chi connectivity index (χ2v) is 2.38. The third-order valence-electron chi connectivity index (χ3n) is 1.07. The van der Waals surface area contributed by atoms with Crippen LogP contribution in [0.3, 0.4) is 0 Å². The van der Waals surface area contributed by atoms with Crippen molar-refractivity contribution in [2.75, 3.05) is 0 Å². The minimum atomic E-state index is 0.0126. The lowest BCUT2D eigenvalue weighted by atomic mass is 10.2. The SMILES string of the molecule is C=C(O)/C=C(/CC)C(=C)Cl.CC. The van der Waals surface area contributed by atoms with Crippen LogP contribution < -0.4 is 0 Å². The number of aliphatic hydroxyl groups is 1. The average Bonchev–Trinajstić information content (AvgIpc) is 2.03. The third kappa shape index (κ3) is 7.42. The molecule has 0 saturated carbocycles. The number of halogens is 1. The minimum Gasteiger partial charge on any atom is -0.509 e. The van der Waals surface area contributed by atoms with Crippen LogP contribution in [0.25, 0.3) is 0 Å². The van der Waals surface area contributed by atoms with Crippen LogP contribution in [0, 0.1) is 0 Å². The monoisotopic (exact) mass is 188 g/mol. The summed E-state index contributed by atoms with van der Waals surface area (Å²) >= 11 is 5.57. The zero-order valence-corrected chi connectivity index (χ0v) is 8.78. The van der Waals surface area contributed by atoms with E-state index in [1.807, 2.05) is 20.8 Å². The summed E-state index contributed by atoms with van der Waals surface area (Å²) in [7, 11) is 0. The van der Waals surface area contributed by atoms with Gasteiger partial charge in [-0.3, -0.25) is 0 Å². The zero-order valence-electron chi connectivity index (χ0n) is 8.02. The van der Waals surface area contributed by atoms with Gasteiger partial charge in [0.25, 0.3) is 0 Å². The van der Waals surface area contributed by atoms with Crippen LogP contribution in [0.1, 0.15) is 27.2 Å². The quantitative estimate of drug-likeness (QED) is 0.521. The van der Waals surface area contributed by atoms with Crippen LogP contribution in [0.5, 0.6) is 0 Å². The molecule has 1 nitrogen and oxygen atoms in total. The largest absolute Gasteiger partial charge is 0.509 e. The van der Waals surface area contributed by atoms with E-state index in [0.29, 0.717) is 5.03 Å². The molecule has 2 heteroatoms. The summed E-state index contributed by atoms with van der Waals surface area (Å²) < 4.78 is 0. The van der Waals surface area contributed by atoms with Crippen LogP contribution in [0.4, 0.5) is 0 Å². The van der Waals surface area contributed by atoms with Crippen molar-refractivity contribution in [2.45, 2.75) is 27.2 Å². The molecule has 0 bridgehead atoms. The Morgan fingerprint density at radius 3 is 1.92 bits per heavy atom. The topological polar surface area (TPSA) is 20.2 Å². The van der Waals surface area contributed by atoms with Crippen molar-refractivity contribution in [1.82, 2.24) is 0 Å². The van der Waals surface area contributed by atoms with Crippen molar-refractivity contribution in [3.8, 4) is 0 Å². The van der Waals surface area contributed by atoms with Gasteiger partial charge in [-0.15, -0.1) is 0 Å². The first kappa shape index (κ1) is 13.9. The molecule has 0 fully saturated rings. The fourth-order valence-corrected chi connectivity index (χ4v) is 0.761. The Morgan fingerprint density at radius 1 is 1.42 bits per heavy atom. The summed E-state index contributed by atoms with van der Waals surface area (Å²) in [6.07, 6.45) is 2.26. The molecule has 0 heterocycles. The second-order valence-electron chi connectivity index (χ2n) is 1.92. The zero-order chi connectivity index (χ0) is 10.1. The van der Waals surface area contributed by atoms with Crippen molar-refractivity contribution in [3.63, 3.8) is 0 Å². The van der Waals surface area contributed by atoms with Gasteiger partial charge < -0.3 is 5.11 Å². The molecule has 0 saturated heterocycles. The van der Waals surface area contributed by atoms with Crippen molar-refractivity contribution in [3.05, 3.63) is 35.6 Å². The van der Waals surface area contributed by atoms with Crippen molar-refractivity contribution < 1.29 is 5.11 Å². The number of hydrogen-bond acceptors (Lipinski definition) is 1. The average molecular weight is 189 g/mol. The first-order valence-electron chi connectivity index (χ1n) is 4.01. The Morgan fingerprint density at radius 2 is 1.83 bits per heavy atom. The number of allylic oxidation sites excluding steroid dienone is 3. The standard InChI is InChI=1S/C8H11ClO.C2H6/c1-4-8(7(3)9)5-6(2)10;1-2/h5,10H,2-4H2,1H3;1-2H3/b8-5-;. The molecule has 70 valence electrons. The molecule has 0 radical (unpaired) electrons. The van der Waals surface area contributed by atoms with E-state index in [2.05, 4.69) is 13.2 Å². The normalized spacial score (nSPS) is 9.83. The van der Waals surface area contributed by atoms with Gasteiger partial charge in [0, 0.05) is 5.03 Å². The fraction of sp³-hybridized carbons (Fsp3) is 0.400. The summed E-state index contributed by atoms with van der Waals surface area (Å²) in [6, 6.07) is 0. The van der Waals surface area contributed by atoms with Crippen LogP contribution in [-0.2, 0) is 0 Å². The highest BCUT2D eigenvalue weighted by Crippen LogP contribution is 2.16. The molecule has 0 atom stereocenters. The third-order valence-corrected chi connectivity index (χ3v) is 1.31. The van der Waals surface area contributed by atoms with Gasteiger partial charge in [-0.1, -0.05) is 45.5 Å². The molecule has 0 unspecified atom stereocenters. The van der Waals surface area contributed by atoms with E-state index in [9.17, 15) is 0 Å². The highest BCUT2D eigenvalue weighted by Gasteiger charge is 1.95. The van der Waals surface area contributed by atoms with Gasteiger partial charge in [0.2, 0.25) is 0 Å². The smallest absolute Gasteiger partial charge is 0.108 e. The lowest BCUT2D eigenvalue weighted by Crippen LogP contribution is -1.80. The van der Waals surface area contributed by atoms with E-state index in [1.54, 1.807) is 0 Å². The van der Waals surface area contributed by atoms with Crippen LogP contribution in [0.15, 0.2) is 35.6 Å². The molecule has 0 amide bonds. The summed E-state index contributed by atoms with van der Waals surface area (Å²) in [4.78, 5) is 0. The highest BCUT2D eigenvalue weighted by atomic mass is 35.5. The Bertz CT molecular complexity index is 180. The molecule has 0 spiro atoms. The maximum atomic E-state index is 8.73. The summed E-state index contributed by atoms with van der Waals surface area (Å²) in [5, 5.41) is 9.19. The van der Waals surface area contributed by atoms with E-state index in [-0.39, 0.29) is 5.76 Å². The van der Waals surface area contributed by atoms with Gasteiger partial charge in [-0.05, 0) is 18.1 Å². The lowest BCUT2D eigenvalue weighted by Gasteiger charge is -1.98. The van der Waals surface area contributed by atoms with Crippen LogP contribution in [0.2, 0.25) is 0 Å². The van der Waals surface area contributed by atoms with E-state index in [4.69, 9.17) is 16.7 Å². The maximum Gasteiger partial charge on any atom is 0.108 e. The molecule has 0 aromatic rings. The van der Waals surface area contributed by atoms with E-state index >= 15 is 0 Å². The number of aliphatic hydroxyl groups excluding tert-OH is 1. The Labute approximate surface area is 80.1 Å². The van der Waals surface area contributed by atoms with E-state index in [0.717, 1.165) is 12.0 Å². The first-order valence-corrected chi connectivity index (χ1v) is 4.39. The molecular formula is C10H17ClO. The number of rotatable bonds is 3. The number of hydrogen-bond donors (Lipinski definition) is 1. The molecule has 0 aliphatic carbocycles. The van der Waals surface area contributed by atoms with Gasteiger partial charge in [0.15, 0.2) is 0 Å². The molecule has 12 heavy (non-hydrogen) atoms. The van der Waals surface area contributed by atoms with E-state index in [1.165, 1.54) is 6.08 Å². The molecule has 0 rings (SSSR count). The molecule has 0 aliphatic rings. The second kappa shape index (κ2) is 8.41. The molecule has 1 N–H and O–H groups in total. The van der Waals surface area contributed by atoms with E-state index < -0.39 is 0 Å². The van der Waals surface area contributed by atoms with Gasteiger partial charge in [0.05, 0.1) is 0 Å². The van der Waals surface area contributed by atoms with Gasteiger partial charge >= 0.3 is 0 Å². The maximum absolute atomic E-state index is 8.73. The van der Waals surface area contributed by atoms with Crippen molar-refractivity contribution in [2.24, 2.45) is 0 Å². The summed E-state index contributed by atoms with van der Waals surface area (Å²) in [5.41, 5.74) is 0.814. The first-order chi connectivity index (χ1) is 5.57. The predicted octanol–water partition coefficient (Wildman–Crippen LogP) is 4.17. The lowest BCUT2D eigenvalue weighted by molar-refractivity contribution is 0.434.